The van der Waals surface area contributed by atoms with Gasteiger partial charge in [-0.15, -0.1) is 11.3 Å². The second-order valence-corrected chi connectivity index (χ2v) is 6.64. The molecule has 4 nitrogen and oxygen atoms in total. The van der Waals surface area contributed by atoms with E-state index >= 15 is 0 Å². The van der Waals surface area contributed by atoms with Crippen LogP contribution in [0.5, 0.6) is 0 Å². The SMILES string of the molecule is CCc1ccccc1Nc1csc2ccc(-c3cnn(C)c3)nc12. The lowest BCUT2D eigenvalue weighted by Crippen LogP contribution is -1.95. The average Bonchev–Trinajstić information content (AvgIpc) is 3.21. The third-order valence-electron chi connectivity index (χ3n) is 4.09. The Hall–Kier alpha value is -2.66. The lowest BCUT2D eigenvalue weighted by atomic mass is 10.1. The Kier molecular flexibility index (Phi) is 3.78. The van der Waals surface area contributed by atoms with E-state index in [-0.39, 0.29) is 0 Å². The second-order valence-electron chi connectivity index (χ2n) is 5.73. The molecule has 0 unspecified atom stereocenters. The van der Waals surface area contributed by atoms with Gasteiger partial charge >= 0.3 is 0 Å². The number of para-hydroxylation sites is 1. The molecular weight excluding hydrogens is 316 g/mol. The molecule has 0 spiro atoms. The quantitative estimate of drug-likeness (QED) is 0.571. The molecule has 0 saturated heterocycles. The normalized spacial score (nSPS) is 11.1. The fourth-order valence-electron chi connectivity index (χ4n) is 2.81. The van der Waals surface area contributed by atoms with Crippen LogP contribution < -0.4 is 5.32 Å². The second kappa shape index (κ2) is 6.09. The van der Waals surface area contributed by atoms with Gasteiger partial charge in [-0.05, 0) is 30.2 Å². The molecule has 4 aromatic rings. The number of benzene rings is 1. The average molecular weight is 334 g/mol. The summed E-state index contributed by atoms with van der Waals surface area (Å²) in [5.41, 5.74) is 6.49. The molecule has 5 heteroatoms. The molecule has 1 aromatic carbocycles. The Morgan fingerprint density at radius 3 is 2.79 bits per heavy atom. The first kappa shape index (κ1) is 14.9. The summed E-state index contributed by atoms with van der Waals surface area (Å²) in [7, 11) is 1.92. The number of pyridine rings is 1. The maximum atomic E-state index is 4.86. The maximum Gasteiger partial charge on any atom is 0.105 e. The zero-order valence-electron chi connectivity index (χ0n) is 13.7. The molecular formula is C19H18N4S. The maximum absolute atomic E-state index is 4.86. The smallest absolute Gasteiger partial charge is 0.105 e. The lowest BCUT2D eigenvalue weighted by Gasteiger charge is -2.10. The third kappa shape index (κ3) is 2.67. The van der Waals surface area contributed by atoms with E-state index < -0.39 is 0 Å². The van der Waals surface area contributed by atoms with E-state index in [1.165, 1.54) is 10.3 Å². The van der Waals surface area contributed by atoms with Crippen molar-refractivity contribution in [1.29, 1.82) is 0 Å². The minimum absolute atomic E-state index is 0.945. The van der Waals surface area contributed by atoms with Crippen LogP contribution in [0.15, 0.2) is 54.2 Å². The molecule has 3 heterocycles. The van der Waals surface area contributed by atoms with E-state index in [4.69, 9.17) is 4.98 Å². The number of fused-ring (bicyclic) bond motifs is 1. The van der Waals surface area contributed by atoms with Crippen molar-refractivity contribution in [3.05, 3.63) is 59.7 Å². The first-order valence-electron chi connectivity index (χ1n) is 7.97. The highest BCUT2D eigenvalue weighted by Gasteiger charge is 2.10. The highest BCUT2D eigenvalue weighted by Crippen LogP contribution is 2.33. The third-order valence-corrected chi connectivity index (χ3v) is 5.02. The number of hydrogen-bond acceptors (Lipinski definition) is 4. The van der Waals surface area contributed by atoms with E-state index in [1.54, 1.807) is 16.0 Å². The van der Waals surface area contributed by atoms with Crippen molar-refractivity contribution in [3.63, 3.8) is 0 Å². The molecule has 0 atom stereocenters. The molecule has 24 heavy (non-hydrogen) atoms. The number of anilines is 2. The zero-order chi connectivity index (χ0) is 16.5. The lowest BCUT2D eigenvalue weighted by molar-refractivity contribution is 0.768. The molecule has 1 N–H and O–H groups in total. The van der Waals surface area contributed by atoms with Crippen LogP contribution in [0.2, 0.25) is 0 Å². The summed E-state index contributed by atoms with van der Waals surface area (Å²) in [4.78, 5) is 4.86. The van der Waals surface area contributed by atoms with Gasteiger partial charge < -0.3 is 5.32 Å². The minimum atomic E-state index is 0.945. The summed E-state index contributed by atoms with van der Waals surface area (Å²) in [5.74, 6) is 0. The van der Waals surface area contributed by atoms with Crippen LogP contribution in [0, 0.1) is 0 Å². The first-order valence-corrected chi connectivity index (χ1v) is 8.85. The minimum Gasteiger partial charge on any atom is -0.353 e. The van der Waals surface area contributed by atoms with Gasteiger partial charge in [-0.3, -0.25) is 4.68 Å². The van der Waals surface area contributed by atoms with E-state index in [2.05, 4.69) is 59.1 Å². The Morgan fingerprint density at radius 1 is 1.12 bits per heavy atom. The molecule has 3 aromatic heterocycles. The van der Waals surface area contributed by atoms with E-state index in [9.17, 15) is 0 Å². The topological polar surface area (TPSA) is 42.7 Å². The van der Waals surface area contributed by atoms with Gasteiger partial charge in [-0.25, -0.2) is 4.98 Å². The van der Waals surface area contributed by atoms with Gasteiger partial charge in [-0.1, -0.05) is 25.1 Å². The van der Waals surface area contributed by atoms with Crippen molar-refractivity contribution in [2.45, 2.75) is 13.3 Å². The monoisotopic (exact) mass is 334 g/mol. The van der Waals surface area contributed by atoms with E-state index in [1.807, 2.05) is 19.4 Å². The molecule has 0 fully saturated rings. The summed E-state index contributed by atoms with van der Waals surface area (Å²) in [6.07, 6.45) is 4.83. The predicted octanol–water partition coefficient (Wildman–Crippen LogP) is 5.00. The van der Waals surface area contributed by atoms with Crippen LogP contribution in [0.4, 0.5) is 11.4 Å². The van der Waals surface area contributed by atoms with Gasteiger partial charge in [0.05, 0.1) is 22.3 Å². The fourth-order valence-corrected chi connectivity index (χ4v) is 3.64. The molecule has 4 rings (SSSR count). The van der Waals surface area contributed by atoms with Gasteiger partial charge in [0.1, 0.15) is 5.52 Å². The van der Waals surface area contributed by atoms with Crippen LogP contribution in [0.1, 0.15) is 12.5 Å². The summed E-state index contributed by atoms with van der Waals surface area (Å²) >= 11 is 1.71. The van der Waals surface area contributed by atoms with Crippen molar-refractivity contribution in [3.8, 4) is 11.3 Å². The van der Waals surface area contributed by atoms with Crippen LogP contribution in [0.3, 0.4) is 0 Å². The number of hydrogen-bond donors (Lipinski definition) is 1. The highest BCUT2D eigenvalue weighted by atomic mass is 32.1. The van der Waals surface area contributed by atoms with Gasteiger partial charge in [0.25, 0.3) is 0 Å². The van der Waals surface area contributed by atoms with Gasteiger partial charge in [0, 0.05) is 29.9 Å². The Balaban J connectivity index is 1.76. The molecule has 0 aliphatic heterocycles. The summed E-state index contributed by atoms with van der Waals surface area (Å²) in [5, 5.41) is 9.93. The molecule has 120 valence electrons. The fraction of sp³-hybridized carbons (Fsp3) is 0.158. The summed E-state index contributed by atoms with van der Waals surface area (Å²) < 4.78 is 2.98. The van der Waals surface area contributed by atoms with Gasteiger partial charge in [-0.2, -0.15) is 5.10 Å². The van der Waals surface area contributed by atoms with Crippen LogP contribution in [0.25, 0.3) is 21.5 Å². The number of nitrogens with one attached hydrogen (secondary N) is 1. The zero-order valence-corrected chi connectivity index (χ0v) is 14.5. The summed E-state index contributed by atoms with van der Waals surface area (Å²) in [6.45, 7) is 2.17. The molecule has 0 aliphatic rings. The largest absolute Gasteiger partial charge is 0.353 e. The van der Waals surface area contributed by atoms with Crippen LogP contribution in [-0.4, -0.2) is 14.8 Å². The van der Waals surface area contributed by atoms with Crippen molar-refractivity contribution >= 4 is 32.9 Å². The number of aryl methyl sites for hydroxylation is 2. The first-order chi connectivity index (χ1) is 11.7. The number of aromatic nitrogens is 3. The Labute approximate surface area is 144 Å². The van der Waals surface area contributed by atoms with Crippen molar-refractivity contribution in [2.24, 2.45) is 7.05 Å². The number of thiophene rings is 1. The Morgan fingerprint density at radius 2 is 2.00 bits per heavy atom. The number of nitrogens with zero attached hydrogens (tertiary/aromatic N) is 3. The number of rotatable bonds is 4. The molecule has 0 bridgehead atoms. The van der Waals surface area contributed by atoms with Crippen LogP contribution >= 0.6 is 11.3 Å². The molecule has 0 radical (unpaired) electrons. The van der Waals surface area contributed by atoms with Crippen molar-refractivity contribution in [2.75, 3.05) is 5.32 Å². The highest BCUT2D eigenvalue weighted by molar-refractivity contribution is 7.17. The van der Waals surface area contributed by atoms with Crippen LogP contribution in [-0.2, 0) is 13.5 Å². The van der Waals surface area contributed by atoms with Crippen molar-refractivity contribution < 1.29 is 0 Å². The molecule has 0 aliphatic carbocycles. The Bertz CT molecular complexity index is 999. The standard InChI is InChI=1S/C19H18N4S/c1-3-13-6-4-5-7-15(13)21-17-12-24-18-9-8-16(22-19(17)18)14-10-20-23(2)11-14/h4-12,21H,3H2,1-2H3. The molecule has 0 saturated carbocycles. The van der Waals surface area contributed by atoms with Gasteiger partial charge in [0.15, 0.2) is 0 Å². The van der Waals surface area contributed by atoms with E-state index in [0.717, 1.165) is 34.6 Å². The van der Waals surface area contributed by atoms with Gasteiger partial charge in [0.2, 0.25) is 0 Å². The van der Waals surface area contributed by atoms with Crippen molar-refractivity contribution in [1.82, 2.24) is 14.8 Å². The van der Waals surface area contributed by atoms with E-state index in [0.29, 0.717) is 0 Å². The predicted molar refractivity (Wildman–Crippen MR) is 101 cm³/mol. The molecule has 0 amide bonds. The summed E-state index contributed by atoms with van der Waals surface area (Å²) in [6, 6.07) is 12.6.